The second-order valence-corrected chi connectivity index (χ2v) is 6.65. The molecule has 116 valence electrons. The van der Waals surface area contributed by atoms with Gasteiger partial charge in [-0.3, -0.25) is 9.98 Å². The highest BCUT2D eigenvalue weighted by Gasteiger charge is 2.42. The molecular weight excluding hydrogens is 356 g/mol. The van der Waals surface area contributed by atoms with E-state index in [0.717, 1.165) is 17.9 Å². The van der Waals surface area contributed by atoms with Gasteiger partial charge >= 0.3 is 6.18 Å². The Hall–Kier alpha value is -0.980. The molecule has 0 fully saturated rings. The van der Waals surface area contributed by atoms with Gasteiger partial charge in [0.1, 0.15) is 5.04 Å². The Morgan fingerprint density at radius 1 is 1.18 bits per heavy atom. The van der Waals surface area contributed by atoms with Gasteiger partial charge in [0.25, 0.3) is 0 Å². The lowest BCUT2D eigenvalue weighted by atomic mass is 9.91. The maximum Gasteiger partial charge on any atom is 0.416 e. The zero-order valence-electron chi connectivity index (χ0n) is 11.0. The quantitative estimate of drug-likeness (QED) is 0.725. The van der Waals surface area contributed by atoms with Gasteiger partial charge in [-0.25, -0.2) is 0 Å². The number of benzene rings is 1. The van der Waals surface area contributed by atoms with E-state index in [4.69, 9.17) is 23.2 Å². The molecule has 8 heteroatoms. The SMILES string of the molecule is FC(F)(F)c1cc(Cl)c(C2(C3=NCCS3)C=CC=N2)c(Cl)c1. The Labute approximate surface area is 139 Å². The van der Waals surface area contributed by atoms with Gasteiger partial charge in [-0.1, -0.05) is 23.2 Å². The van der Waals surface area contributed by atoms with Crippen LogP contribution in [0.5, 0.6) is 0 Å². The minimum Gasteiger partial charge on any atom is -0.279 e. The number of halogens is 5. The number of rotatable bonds is 2. The third kappa shape index (κ3) is 2.57. The maximum absolute atomic E-state index is 12.9. The minimum absolute atomic E-state index is 0.0706. The van der Waals surface area contributed by atoms with Crippen LogP contribution in [0.4, 0.5) is 13.2 Å². The van der Waals surface area contributed by atoms with Crippen LogP contribution in [0.3, 0.4) is 0 Å². The lowest BCUT2D eigenvalue weighted by molar-refractivity contribution is -0.137. The third-order valence-corrected chi connectivity index (χ3v) is 5.06. The van der Waals surface area contributed by atoms with E-state index in [0.29, 0.717) is 17.2 Å². The monoisotopic (exact) mass is 364 g/mol. The lowest BCUT2D eigenvalue weighted by Crippen LogP contribution is -2.28. The first-order valence-corrected chi connectivity index (χ1v) is 8.06. The molecule has 1 aromatic carbocycles. The van der Waals surface area contributed by atoms with Gasteiger partial charge < -0.3 is 0 Å². The molecule has 1 atom stereocenters. The Morgan fingerprint density at radius 3 is 2.32 bits per heavy atom. The van der Waals surface area contributed by atoms with E-state index in [9.17, 15) is 13.2 Å². The fourth-order valence-corrected chi connectivity index (χ4v) is 4.21. The van der Waals surface area contributed by atoms with E-state index in [-0.39, 0.29) is 10.0 Å². The molecule has 1 unspecified atom stereocenters. The second kappa shape index (κ2) is 5.58. The van der Waals surface area contributed by atoms with E-state index in [2.05, 4.69) is 9.98 Å². The van der Waals surface area contributed by atoms with Crippen molar-refractivity contribution in [2.24, 2.45) is 9.98 Å². The van der Waals surface area contributed by atoms with Gasteiger partial charge in [0, 0.05) is 34.1 Å². The Morgan fingerprint density at radius 2 is 1.86 bits per heavy atom. The Bertz CT molecular complexity index is 676. The van der Waals surface area contributed by atoms with Crippen LogP contribution < -0.4 is 0 Å². The largest absolute Gasteiger partial charge is 0.416 e. The lowest BCUT2D eigenvalue weighted by Gasteiger charge is -2.27. The normalized spacial score (nSPS) is 24.1. The van der Waals surface area contributed by atoms with E-state index < -0.39 is 17.3 Å². The highest BCUT2D eigenvalue weighted by molar-refractivity contribution is 8.14. The fourth-order valence-electron chi connectivity index (χ4n) is 2.43. The number of hydrogen-bond donors (Lipinski definition) is 0. The third-order valence-electron chi connectivity index (χ3n) is 3.36. The van der Waals surface area contributed by atoms with Crippen LogP contribution in [0.1, 0.15) is 11.1 Å². The molecule has 2 aliphatic heterocycles. The van der Waals surface area contributed by atoms with Crippen molar-refractivity contribution in [3.8, 4) is 0 Å². The molecule has 2 heterocycles. The van der Waals surface area contributed by atoms with Gasteiger partial charge in [-0.15, -0.1) is 11.8 Å². The zero-order valence-corrected chi connectivity index (χ0v) is 13.3. The Balaban J connectivity index is 2.18. The van der Waals surface area contributed by atoms with E-state index in [1.807, 2.05) is 0 Å². The first-order valence-electron chi connectivity index (χ1n) is 6.32. The molecular formula is C14H9Cl2F3N2S. The van der Waals surface area contributed by atoms with E-state index in [1.54, 1.807) is 18.4 Å². The topological polar surface area (TPSA) is 24.7 Å². The molecule has 2 aliphatic rings. The number of aliphatic imine (C=N–C) groups is 2. The number of allylic oxidation sites excluding steroid dienone is 1. The van der Waals surface area contributed by atoms with Gasteiger partial charge in [0.05, 0.1) is 5.56 Å². The van der Waals surface area contributed by atoms with Gasteiger partial charge in [-0.05, 0) is 24.3 Å². The number of hydrogen-bond acceptors (Lipinski definition) is 3. The average molecular weight is 365 g/mol. The molecule has 0 radical (unpaired) electrons. The summed E-state index contributed by atoms with van der Waals surface area (Å²) in [6.45, 7) is 0.640. The van der Waals surface area contributed by atoms with Crippen molar-refractivity contribution in [3.05, 3.63) is 45.5 Å². The maximum atomic E-state index is 12.9. The first-order chi connectivity index (χ1) is 10.3. The van der Waals surface area contributed by atoms with Crippen molar-refractivity contribution in [1.29, 1.82) is 0 Å². The summed E-state index contributed by atoms with van der Waals surface area (Å²) in [5.74, 6) is 0.802. The van der Waals surface area contributed by atoms with E-state index >= 15 is 0 Å². The molecule has 0 aliphatic carbocycles. The van der Waals surface area contributed by atoms with Gasteiger partial charge in [-0.2, -0.15) is 13.2 Å². The van der Waals surface area contributed by atoms with Crippen LogP contribution in [0.2, 0.25) is 10.0 Å². The summed E-state index contributed by atoms with van der Waals surface area (Å²) in [6.07, 6.45) is 0.537. The minimum atomic E-state index is -4.51. The van der Waals surface area contributed by atoms with Crippen LogP contribution >= 0.6 is 35.0 Å². The summed E-state index contributed by atoms with van der Waals surface area (Å²) in [7, 11) is 0. The van der Waals surface area contributed by atoms with Crippen molar-refractivity contribution in [3.63, 3.8) is 0 Å². The van der Waals surface area contributed by atoms with Crippen molar-refractivity contribution in [2.45, 2.75) is 11.7 Å². The molecule has 0 amide bonds. The number of alkyl halides is 3. The molecule has 0 saturated carbocycles. The predicted octanol–water partition coefficient (Wildman–Crippen LogP) is 4.99. The number of thioether (sulfide) groups is 1. The molecule has 0 spiro atoms. The van der Waals surface area contributed by atoms with Gasteiger partial charge in [0.2, 0.25) is 0 Å². The van der Waals surface area contributed by atoms with Crippen molar-refractivity contribution in [2.75, 3.05) is 12.3 Å². The van der Waals surface area contributed by atoms with Crippen LogP contribution in [0.25, 0.3) is 0 Å². The highest BCUT2D eigenvalue weighted by Crippen LogP contribution is 2.46. The van der Waals surface area contributed by atoms with Crippen molar-refractivity contribution >= 4 is 46.2 Å². The summed E-state index contributed by atoms with van der Waals surface area (Å²) in [5, 5.41) is 0.554. The van der Waals surface area contributed by atoms with Crippen LogP contribution in [0, 0.1) is 0 Å². The molecule has 0 aromatic heterocycles. The molecule has 22 heavy (non-hydrogen) atoms. The van der Waals surface area contributed by atoms with Crippen LogP contribution in [-0.2, 0) is 11.7 Å². The summed E-state index contributed by atoms with van der Waals surface area (Å²) >= 11 is 13.8. The summed E-state index contributed by atoms with van der Waals surface area (Å²) < 4.78 is 38.6. The molecule has 0 bridgehead atoms. The molecule has 1 aromatic rings. The summed E-state index contributed by atoms with van der Waals surface area (Å²) in [5.41, 5.74) is -1.56. The molecule has 3 rings (SSSR count). The second-order valence-electron chi connectivity index (χ2n) is 4.75. The highest BCUT2D eigenvalue weighted by atomic mass is 35.5. The first kappa shape index (κ1) is 15.9. The predicted molar refractivity (Wildman–Crippen MR) is 85.5 cm³/mol. The van der Waals surface area contributed by atoms with Crippen LogP contribution in [-0.4, -0.2) is 23.6 Å². The van der Waals surface area contributed by atoms with Crippen LogP contribution in [0.15, 0.2) is 34.3 Å². The summed E-state index contributed by atoms with van der Waals surface area (Å²) in [6, 6.07) is 1.76. The average Bonchev–Trinajstić information content (AvgIpc) is 3.08. The van der Waals surface area contributed by atoms with Crippen molar-refractivity contribution in [1.82, 2.24) is 0 Å². The fraction of sp³-hybridized carbons (Fsp3) is 0.286. The van der Waals surface area contributed by atoms with Crippen molar-refractivity contribution < 1.29 is 13.2 Å². The van der Waals surface area contributed by atoms with E-state index in [1.165, 1.54) is 11.8 Å². The number of nitrogens with zero attached hydrogens (tertiary/aromatic N) is 2. The molecule has 0 saturated heterocycles. The smallest absolute Gasteiger partial charge is 0.279 e. The molecule has 0 N–H and O–H groups in total. The standard InChI is InChI=1S/C14H9Cl2F3N2S/c15-9-6-8(14(17,18)19)7-10(16)11(9)13(2-1-3-21-13)12-20-4-5-22-12/h1-3,6-7H,4-5H2. The van der Waals surface area contributed by atoms with Gasteiger partial charge in [0.15, 0.2) is 5.54 Å². The molecule has 2 nitrogen and oxygen atoms in total. The summed E-state index contributed by atoms with van der Waals surface area (Å²) in [4.78, 5) is 8.79. The Kier molecular flexibility index (Phi) is 4.03. The zero-order chi connectivity index (χ0) is 16.0.